The van der Waals surface area contributed by atoms with Crippen LogP contribution in [0.3, 0.4) is 0 Å². The maximum atomic E-state index is 13.3. The Bertz CT molecular complexity index is 636. The van der Waals surface area contributed by atoms with Gasteiger partial charge in [-0.25, -0.2) is 13.6 Å². The first-order chi connectivity index (χ1) is 12.3. The van der Waals surface area contributed by atoms with Crippen LogP contribution in [0, 0.1) is 17.6 Å². The Balaban J connectivity index is 2.79. The van der Waals surface area contributed by atoms with E-state index in [2.05, 4.69) is 25.7 Å². The van der Waals surface area contributed by atoms with Gasteiger partial charge in [0.1, 0.15) is 24.3 Å². The van der Waals surface area contributed by atoms with Crippen molar-refractivity contribution in [3.63, 3.8) is 0 Å². The van der Waals surface area contributed by atoms with E-state index in [1.54, 1.807) is 6.08 Å². The van der Waals surface area contributed by atoms with E-state index < -0.39 is 29.6 Å². The number of allylic oxidation sites excluding steroid dienone is 1. The molecule has 0 aliphatic carbocycles. The van der Waals surface area contributed by atoms with Crippen molar-refractivity contribution in [3.05, 3.63) is 60.2 Å². The van der Waals surface area contributed by atoms with Gasteiger partial charge in [-0.2, -0.15) is 0 Å². The molecule has 142 valence electrons. The van der Waals surface area contributed by atoms with Crippen molar-refractivity contribution < 1.29 is 23.1 Å². The van der Waals surface area contributed by atoms with Crippen molar-refractivity contribution in [2.75, 3.05) is 6.61 Å². The molecule has 1 N–H and O–H groups in total. The maximum absolute atomic E-state index is 13.3. The van der Waals surface area contributed by atoms with E-state index in [0.29, 0.717) is 5.92 Å². The second-order valence-corrected chi connectivity index (χ2v) is 6.34. The van der Waals surface area contributed by atoms with Crippen LogP contribution in [-0.2, 0) is 20.7 Å². The number of carbonyl (C=O) groups excluding carboxylic acids is 2. The summed E-state index contributed by atoms with van der Waals surface area (Å²) in [7, 11) is 0. The molecular weight excluding hydrogens is 340 g/mol. The highest BCUT2D eigenvalue weighted by Crippen LogP contribution is 2.11. The van der Waals surface area contributed by atoms with Crippen LogP contribution < -0.4 is 5.32 Å². The molecule has 0 spiro atoms. The van der Waals surface area contributed by atoms with Crippen molar-refractivity contribution >= 4 is 11.9 Å². The third kappa shape index (κ3) is 8.55. The SMILES string of the molecule is C=CCOC(=O)[C@H](Cc1cc(F)cc(F)c1)NC(=O)/C=C/CCC(C)C. The molecular formula is C20H25F2NO3. The van der Waals surface area contributed by atoms with Crippen LogP contribution in [0.2, 0.25) is 0 Å². The van der Waals surface area contributed by atoms with Crippen LogP contribution in [0.4, 0.5) is 8.78 Å². The summed E-state index contributed by atoms with van der Waals surface area (Å²) in [5.74, 6) is -2.15. The van der Waals surface area contributed by atoms with Crippen LogP contribution in [0.1, 0.15) is 32.3 Å². The number of nitrogens with one attached hydrogen (secondary N) is 1. The van der Waals surface area contributed by atoms with Crippen LogP contribution in [-0.4, -0.2) is 24.5 Å². The molecule has 0 fully saturated rings. The average Bonchev–Trinajstić information content (AvgIpc) is 2.55. The van der Waals surface area contributed by atoms with Crippen molar-refractivity contribution in [2.24, 2.45) is 5.92 Å². The first kappa shape index (κ1) is 21.5. The number of carbonyl (C=O) groups is 2. The standard InChI is InChI=1S/C20H25F2NO3/c1-4-9-26-20(25)18(12-15-10-16(21)13-17(22)11-15)23-19(24)8-6-5-7-14(2)3/h4,6,8,10-11,13-14,18H,1,5,7,9,12H2,2-3H3,(H,23,24)/b8-6+/t18-/m0/s1. The van der Waals surface area contributed by atoms with Gasteiger partial charge in [0.15, 0.2) is 0 Å². The van der Waals surface area contributed by atoms with Gasteiger partial charge in [-0.1, -0.05) is 32.6 Å². The molecule has 0 saturated heterocycles. The lowest BCUT2D eigenvalue weighted by Crippen LogP contribution is -2.42. The maximum Gasteiger partial charge on any atom is 0.329 e. The summed E-state index contributed by atoms with van der Waals surface area (Å²) in [5.41, 5.74) is 0.243. The molecule has 4 nitrogen and oxygen atoms in total. The largest absolute Gasteiger partial charge is 0.460 e. The van der Waals surface area contributed by atoms with Crippen LogP contribution in [0.5, 0.6) is 0 Å². The quantitative estimate of drug-likeness (QED) is 0.391. The summed E-state index contributed by atoms with van der Waals surface area (Å²) in [6, 6.07) is 1.91. The van der Waals surface area contributed by atoms with E-state index in [1.807, 2.05) is 0 Å². The first-order valence-electron chi connectivity index (χ1n) is 8.51. The summed E-state index contributed by atoms with van der Waals surface area (Å²) in [6.45, 7) is 7.59. The van der Waals surface area contributed by atoms with Gasteiger partial charge in [-0.15, -0.1) is 0 Å². The van der Waals surface area contributed by atoms with Crippen molar-refractivity contribution in [3.8, 4) is 0 Å². The van der Waals surface area contributed by atoms with Gasteiger partial charge in [0.25, 0.3) is 0 Å². The fourth-order valence-electron chi connectivity index (χ4n) is 2.24. The second kappa shape index (κ2) is 11.2. The summed E-state index contributed by atoms with van der Waals surface area (Å²) < 4.78 is 31.7. The fraction of sp³-hybridized carbons (Fsp3) is 0.400. The molecule has 1 atom stereocenters. The highest BCUT2D eigenvalue weighted by Gasteiger charge is 2.22. The van der Waals surface area contributed by atoms with Gasteiger partial charge >= 0.3 is 5.97 Å². The molecule has 0 unspecified atom stereocenters. The Hall–Kier alpha value is -2.50. The minimum Gasteiger partial charge on any atom is -0.460 e. The molecule has 0 aliphatic heterocycles. The predicted octanol–water partition coefficient (Wildman–Crippen LogP) is 3.71. The normalized spacial score (nSPS) is 12.2. The summed E-state index contributed by atoms with van der Waals surface area (Å²) in [5, 5.41) is 2.52. The van der Waals surface area contributed by atoms with E-state index in [1.165, 1.54) is 12.2 Å². The molecule has 0 aliphatic rings. The summed E-state index contributed by atoms with van der Waals surface area (Å²) in [4.78, 5) is 24.2. The topological polar surface area (TPSA) is 55.4 Å². The lowest BCUT2D eigenvalue weighted by atomic mass is 10.1. The second-order valence-electron chi connectivity index (χ2n) is 6.34. The Labute approximate surface area is 152 Å². The zero-order valence-corrected chi connectivity index (χ0v) is 15.1. The van der Waals surface area contributed by atoms with Gasteiger partial charge < -0.3 is 10.1 Å². The monoisotopic (exact) mass is 365 g/mol. The number of benzene rings is 1. The van der Waals surface area contributed by atoms with E-state index in [4.69, 9.17) is 4.74 Å². The van der Waals surface area contributed by atoms with E-state index >= 15 is 0 Å². The van der Waals surface area contributed by atoms with Gasteiger partial charge in [0.2, 0.25) is 5.91 Å². The molecule has 1 aromatic carbocycles. The predicted molar refractivity (Wildman–Crippen MR) is 96.4 cm³/mol. The number of hydrogen-bond acceptors (Lipinski definition) is 3. The van der Waals surface area contributed by atoms with Crippen LogP contribution in [0.25, 0.3) is 0 Å². The molecule has 6 heteroatoms. The minimum atomic E-state index is -1.06. The number of amides is 1. The van der Waals surface area contributed by atoms with E-state index in [-0.39, 0.29) is 18.6 Å². The summed E-state index contributed by atoms with van der Waals surface area (Å²) in [6.07, 6.45) is 6.06. The third-order valence-corrected chi connectivity index (χ3v) is 3.49. The van der Waals surface area contributed by atoms with E-state index in [0.717, 1.165) is 31.0 Å². The van der Waals surface area contributed by atoms with Crippen LogP contribution >= 0.6 is 0 Å². The molecule has 1 rings (SSSR count). The third-order valence-electron chi connectivity index (χ3n) is 3.49. The highest BCUT2D eigenvalue weighted by atomic mass is 19.1. The Morgan fingerprint density at radius 2 is 1.88 bits per heavy atom. The number of ether oxygens (including phenoxy) is 1. The van der Waals surface area contributed by atoms with Gasteiger partial charge in [-0.3, -0.25) is 4.79 Å². The van der Waals surface area contributed by atoms with Crippen LogP contribution in [0.15, 0.2) is 43.0 Å². The molecule has 1 aromatic rings. The fourth-order valence-corrected chi connectivity index (χ4v) is 2.24. The smallest absolute Gasteiger partial charge is 0.329 e. The molecule has 26 heavy (non-hydrogen) atoms. The zero-order valence-electron chi connectivity index (χ0n) is 15.1. The number of esters is 1. The Morgan fingerprint density at radius 1 is 1.23 bits per heavy atom. The van der Waals surface area contributed by atoms with Gasteiger partial charge in [0.05, 0.1) is 0 Å². The summed E-state index contributed by atoms with van der Waals surface area (Å²) >= 11 is 0. The molecule has 0 aromatic heterocycles. The zero-order chi connectivity index (χ0) is 19.5. The lowest BCUT2D eigenvalue weighted by molar-refractivity contribution is -0.146. The Morgan fingerprint density at radius 3 is 2.46 bits per heavy atom. The molecule has 0 bridgehead atoms. The average molecular weight is 365 g/mol. The lowest BCUT2D eigenvalue weighted by Gasteiger charge is -2.16. The number of hydrogen-bond donors (Lipinski definition) is 1. The molecule has 0 heterocycles. The van der Waals surface area contributed by atoms with Crippen molar-refractivity contribution in [2.45, 2.75) is 39.2 Å². The van der Waals surface area contributed by atoms with Crippen molar-refractivity contribution in [1.82, 2.24) is 5.32 Å². The molecule has 0 saturated carbocycles. The number of halogens is 2. The molecule has 0 radical (unpaired) electrons. The highest BCUT2D eigenvalue weighted by molar-refractivity contribution is 5.91. The van der Waals surface area contributed by atoms with Gasteiger partial charge in [0, 0.05) is 12.5 Å². The molecule has 1 amide bonds. The van der Waals surface area contributed by atoms with Crippen molar-refractivity contribution in [1.29, 1.82) is 0 Å². The Kier molecular flexibility index (Phi) is 9.26. The minimum absolute atomic E-state index is 0.0209. The van der Waals surface area contributed by atoms with Gasteiger partial charge in [-0.05, 0) is 42.5 Å². The number of rotatable bonds is 10. The van der Waals surface area contributed by atoms with E-state index in [9.17, 15) is 18.4 Å². The first-order valence-corrected chi connectivity index (χ1v) is 8.51.